The van der Waals surface area contributed by atoms with Gasteiger partial charge in [0.1, 0.15) is 0 Å². The molecule has 2 aromatic carbocycles. The predicted molar refractivity (Wildman–Crippen MR) is 105 cm³/mol. The fourth-order valence-corrected chi connectivity index (χ4v) is 3.73. The van der Waals surface area contributed by atoms with Gasteiger partial charge < -0.3 is 23.8 Å². The number of fused-ring (bicyclic) bond motifs is 2. The number of carbonyl (C=O) groups is 1. The van der Waals surface area contributed by atoms with Gasteiger partial charge in [0, 0.05) is 12.1 Å². The molecular formula is C22H25NO5. The Labute approximate surface area is 165 Å². The Morgan fingerprint density at radius 2 is 1.86 bits per heavy atom. The van der Waals surface area contributed by atoms with Gasteiger partial charge in [-0.15, -0.1) is 0 Å². The first kappa shape index (κ1) is 18.8. The smallest absolute Gasteiger partial charge is 0.292 e. The van der Waals surface area contributed by atoms with E-state index in [-0.39, 0.29) is 5.91 Å². The van der Waals surface area contributed by atoms with E-state index in [0.717, 1.165) is 23.2 Å². The van der Waals surface area contributed by atoms with Gasteiger partial charge in [0.05, 0.1) is 32.6 Å². The molecule has 0 radical (unpaired) electrons. The van der Waals surface area contributed by atoms with E-state index in [9.17, 15) is 4.79 Å². The van der Waals surface area contributed by atoms with Gasteiger partial charge in [-0.2, -0.15) is 0 Å². The number of carbonyl (C=O) groups excluding carboxylic acids is 1. The van der Waals surface area contributed by atoms with Crippen molar-refractivity contribution in [3.05, 3.63) is 53.6 Å². The zero-order chi connectivity index (χ0) is 19.6. The fourth-order valence-electron chi connectivity index (χ4n) is 3.73. The third-order valence-corrected chi connectivity index (χ3v) is 5.08. The Balaban J connectivity index is 1.47. The average molecular weight is 383 g/mol. The quantitative estimate of drug-likeness (QED) is 0.716. The highest BCUT2D eigenvalue weighted by molar-refractivity contribution is 6.06. The Morgan fingerprint density at radius 3 is 2.61 bits per heavy atom. The molecule has 1 amide bonds. The van der Waals surface area contributed by atoms with Crippen molar-refractivity contribution in [2.45, 2.75) is 25.6 Å². The summed E-state index contributed by atoms with van der Waals surface area (Å²) in [4.78, 5) is 15.0. The lowest BCUT2D eigenvalue weighted by Gasteiger charge is -2.32. The maximum absolute atomic E-state index is 13.2. The molecule has 2 aliphatic heterocycles. The van der Waals surface area contributed by atoms with Crippen molar-refractivity contribution in [1.29, 1.82) is 0 Å². The van der Waals surface area contributed by atoms with Crippen molar-refractivity contribution >= 4 is 11.6 Å². The van der Waals surface area contributed by atoms with Crippen molar-refractivity contribution in [2.75, 3.05) is 38.4 Å². The van der Waals surface area contributed by atoms with Crippen LogP contribution in [0, 0.1) is 6.92 Å². The highest BCUT2D eigenvalue weighted by Gasteiger charge is 2.54. The molecule has 2 heterocycles. The molecule has 2 aromatic rings. The standard InChI is InChI=1S/C22H25NO5/c1-16-9-10-18-17(15-16)22(27-13-6-14-28-22)21(24)23(18)11-5-12-26-20-8-4-3-7-19(20)25-2/h3-4,7-10,15H,5-6,11-14H2,1-2H3. The largest absolute Gasteiger partial charge is 0.493 e. The maximum Gasteiger partial charge on any atom is 0.292 e. The topological polar surface area (TPSA) is 57.2 Å². The second kappa shape index (κ2) is 7.81. The lowest BCUT2D eigenvalue weighted by molar-refractivity contribution is -0.256. The van der Waals surface area contributed by atoms with Crippen LogP contribution >= 0.6 is 0 Å². The lowest BCUT2D eigenvalue weighted by atomic mass is 10.0. The van der Waals surface area contributed by atoms with Gasteiger partial charge in [-0.3, -0.25) is 4.79 Å². The predicted octanol–water partition coefficient (Wildman–Crippen LogP) is 3.41. The van der Waals surface area contributed by atoms with Crippen molar-refractivity contribution in [3.63, 3.8) is 0 Å². The van der Waals surface area contributed by atoms with Crippen LogP contribution in [0.3, 0.4) is 0 Å². The van der Waals surface area contributed by atoms with Crippen LogP contribution in [0.15, 0.2) is 42.5 Å². The molecule has 4 rings (SSSR count). The first-order valence-electron chi connectivity index (χ1n) is 9.62. The first-order valence-corrected chi connectivity index (χ1v) is 9.62. The number of anilines is 1. The molecule has 148 valence electrons. The molecule has 1 spiro atoms. The summed E-state index contributed by atoms with van der Waals surface area (Å²) in [7, 11) is 1.62. The SMILES string of the molecule is COc1ccccc1OCCCN1C(=O)C2(OCCCO2)c2cc(C)ccc21. The van der Waals surface area contributed by atoms with Gasteiger partial charge in [-0.05, 0) is 44.0 Å². The summed E-state index contributed by atoms with van der Waals surface area (Å²) in [5, 5.41) is 0. The Bertz CT molecular complexity index is 860. The molecule has 1 saturated heterocycles. The van der Waals surface area contributed by atoms with E-state index in [1.165, 1.54) is 0 Å². The average Bonchev–Trinajstić information content (AvgIpc) is 2.94. The van der Waals surface area contributed by atoms with Gasteiger partial charge in [0.2, 0.25) is 0 Å². The molecule has 0 N–H and O–H groups in total. The number of aryl methyl sites for hydroxylation is 1. The summed E-state index contributed by atoms with van der Waals surface area (Å²) in [6.07, 6.45) is 1.47. The number of amides is 1. The van der Waals surface area contributed by atoms with Crippen LogP contribution in [0.25, 0.3) is 0 Å². The minimum atomic E-state index is -1.29. The normalized spacial score (nSPS) is 17.6. The minimum Gasteiger partial charge on any atom is -0.493 e. The molecule has 0 aromatic heterocycles. The van der Waals surface area contributed by atoms with Crippen LogP contribution in [0.1, 0.15) is 24.0 Å². The van der Waals surface area contributed by atoms with Gasteiger partial charge in [0.25, 0.3) is 11.7 Å². The van der Waals surface area contributed by atoms with Crippen LogP contribution in [0.2, 0.25) is 0 Å². The van der Waals surface area contributed by atoms with E-state index in [2.05, 4.69) is 0 Å². The maximum atomic E-state index is 13.2. The monoisotopic (exact) mass is 383 g/mol. The Hall–Kier alpha value is -2.57. The number of hydrogen-bond donors (Lipinski definition) is 0. The molecular weight excluding hydrogens is 358 g/mol. The number of methoxy groups -OCH3 is 1. The number of para-hydroxylation sites is 2. The minimum absolute atomic E-state index is 0.148. The van der Waals surface area contributed by atoms with Crippen molar-refractivity contribution in [1.82, 2.24) is 0 Å². The van der Waals surface area contributed by atoms with Crippen molar-refractivity contribution in [2.24, 2.45) is 0 Å². The van der Waals surface area contributed by atoms with Crippen LogP contribution in [-0.2, 0) is 20.1 Å². The molecule has 0 bridgehead atoms. The number of nitrogens with zero attached hydrogens (tertiary/aromatic N) is 1. The van der Waals surface area contributed by atoms with E-state index in [1.807, 2.05) is 49.4 Å². The molecule has 28 heavy (non-hydrogen) atoms. The molecule has 0 saturated carbocycles. The van der Waals surface area contributed by atoms with Crippen LogP contribution in [-0.4, -0.2) is 39.4 Å². The molecule has 1 fully saturated rings. The highest BCUT2D eigenvalue weighted by Crippen LogP contribution is 2.45. The second-order valence-corrected chi connectivity index (χ2v) is 7.00. The van der Waals surface area contributed by atoms with Gasteiger partial charge in [0.15, 0.2) is 11.5 Å². The number of rotatable bonds is 6. The first-order chi connectivity index (χ1) is 13.7. The second-order valence-electron chi connectivity index (χ2n) is 7.00. The van der Waals surface area contributed by atoms with Crippen molar-refractivity contribution < 1.29 is 23.7 Å². The zero-order valence-electron chi connectivity index (χ0n) is 16.3. The fraction of sp³-hybridized carbons (Fsp3) is 0.409. The molecule has 6 nitrogen and oxygen atoms in total. The van der Waals surface area contributed by atoms with Crippen LogP contribution in [0.5, 0.6) is 11.5 Å². The van der Waals surface area contributed by atoms with E-state index in [0.29, 0.717) is 44.3 Å². The van der Waals surface area contributed by atoms with Crippen LogP contribution < -0.4 is 14.4 Å². The summed E-state index contributed by atoms with van der Waals surface area (Å²) >= 11 is 0. The zero-order valence-corrected chi connectivity index (χ0v) is 16.3. The molecule has 6 heteroatoms. The molecule has 0 atom stereocenters. The molecule has 0 unspecified atom stereocenters. The van der Waals surface area contributed by atoms with Crippen molar-refractivity contribution in [3.8, 4) is 11.5 Å². The molecule has 2 aliphatic rings. The third kappa shape index (κ3) is 3.23. The van der Waals surface area contributed by atoms with Gasteiger partial charge in [-0.1, -0.05) is 23.8 Å². The molecule has 0 aliphatic carbocycles. The van der Waals surface area contributed by atoms with Crippen LogP contribution in [0.4, 0.5) is 5.69 Å². The van der Waals surface area contributed by atoms with E-state index < -0.39 is 5.79 Å². The van der Waals surface area contributed by atoms with E-state index >= 15 is 0 Å². The number of hydrogen-bond acceptors (Lipinski definition) is 5. The number of benzene rings is 2. The summed E-state index contributed by atoms with van der Waals surface area (Å²) in [6.45, 7) is 4.04. The summed E-state index contributed by atoms with van der Waals surface area (Å²) in [6, 6.07) is 13.5. The lowest BCUT2D eigenvalue weighted by Crippen LogP contribution is -2.47. The Kier molecular flexibility index (Phi) is 5.24. The third-order valence-electron chi connectivity index (χ3n) is 5.08. The summed E-state index contributed by atoms with van der Waals surface area (Å²) in [5.74, 6) is -0.0406. The van der Waals surface area contributed by atoms with Gasteiger partial charge >= 0.3 is 0 Å². The van der Waals surface area contributed by atoms with E-state index in [4.69, 9.17) is 18.9 Å². The van der Waals surface area contributed by atoms with E-state index in [1.54, 1.807) is 12.0 Å². The highest BCUT2D eigenvalue weighted by atomic mass is 16.7. The van der Waals surface area contributed by atoms with Gasteiger partial charge in [-0.25, -0.2) is 0 Å². The summed E-state index contributed by atoms with van der Waals surface area (Å²) < 4.78 is 22.9. The summed E-state index contributed by atoms with van der Waals surface area (Å²) in [5.41, 5.74) is 2.74. The number of ether oxygens (including phenoxy) is 4. The Morgan fingerprint density at radius 1 is 1.11 bits per heavy atom.